The van der Waals surface area contributed by atoms with E-state index in [-0.39, 0.29) is 5.56 Å². The van der Waals surface area contributed by atoms with Crippen LogP contribution < -0.4 is 4.90 Å². The Bertz CT molecular complexity index is 602. The van der Waals surface area contributed by atoms with Crippen molar-refractivity contribution in [2.75, 3.05) is 11.4 Å². The normalized spacial score (nSPS) is 10.3. The summed E-state index contributed by atoms with van der Waals surface area (Å²) in [5.41, 5.74) is 2.21. The van der Waals surface area contributed by atoms with Crippen molar-refractivity contribution < 1.29 is 9.90 Å². The van der Waals surface area contributed by atoms with E-state index < -0.39 is 5.97 Å². The second kappa shape index (κ2) is 6.52. The van der Waals surface area contributed by atoms with E-state index in [1.165, 1.54) is 0 Å². The van der Waals surface area contributed by atoms with E-state index in [1.54, 1.807) is 12.3 Å². The predicted octanol–water partition coefficient (Wildman–Crippen LogP) is 3.57. The molecule has 104 valence electrons. The van der Waals surface area contributed by atoms with E-state index in [0.29, 0.717) is 11.0 Å². The molecular weight excluding hydrogens is 320 g/mol. The fraction of sp³-hybridized carbons (Fsp3) is 0.200. The van der Waals surface area contributed by atoms with E-state index in [1.807, 2.05) is 30.3 Å². The van der Waals surface area contributed by atoms with Gasteiger partial charge in [-0.25, -0.2) is 4.79 Å². The number of carboxylic acid groups (broad SMARTS) is 1. The number of hydrogen-bond acceptors (Lipinski definition) is 3. The Hall–Kier alpha value is -1.88. The largest absolute Gasteiger partial charge is 0.478 e. The third-order valence-corrected chi connectivity index (χ3v) is 3.67. The monoisotopic (exact) mass is 334 g/mol. The first-order chi connectivity index (χ1) is 9.61. The molecular formula is C15H15BrN2O2. The lowest BCUT2D eigenvalue weighted by molar-refractivity contribution is 0.0696. The van der Waals surface area contributed by atoms with Crippen LogP contribution in [0.4, 0.5) is 5.69 Å². The van der Waals surface area contributed by atoms with E-state index in [9.17, 15) is 4.79 Å². The lowest BCUT2D eigenvalue weighted by Crippen LogP contribution is -2.22. The minimum atomic E-state index is -0.934. The number of nitrogens with zero attached hydrogens (tertiary/aromatic N) is 2. The Balaban J connectivity index is 2.24. The number of benzene rings is 1. The van der Waals surface area contributed by atoms with Gasteiger partial charge in [0.1, 0.15) is 0 Å². The molecule has 0 saturated carbocycles. The summed E-state index contributed by atoms with van der Waals surface area (Å²) < 4.78 is 0.585. The van der Waals surface area contributed by atoms with Gasteiger partial charge in [-0.1, -0.05) is 6.07 Å². The first kappa shape index (κ1) is 14.5. The zero-order chi connectivity index (χ0) is 14.5. The summed E-state index contributed by atoms with van der Waals surface area (Å²) in [5, 5.41) is 9.03. The van der Waals surface area contributed by atoms with Crippen molar-refractivity contribution >= 4 is 27.6 Å². The fourth-order valence-electron chi connectivity index (χ4n) is 1.95. The molecule has 0 aliphatic heterocycles. The van der Waals surface area contributed by atoms with E-state index in [4.69, 9.17) is 5.11 Å². The Labute approximate surface area is 126 Å². The van der Waals surface area contributed by atoms with Crippen LogP contribution in [0, 0.1) is 0 Å². The molecule has 20 heavy (non-hydrogen) atoms. The molecule has 2 rings (SSSR count). The molecule has 0 atom stereocenters. The molecule has 0 radical (unpaired) electrons. The molecule has 0 bridgehead atoms. The number of aromatic nitrogens is 1. The highest BCUT2D eigenvalue weighted by Crippen LogP contribution is 2.25. The van der Waals surface area contributed by atoms with E-state index in [0.717, 1.165) is 17.9 Å². The van der Waals surface area contributed by atoms with Crippen LogP contribution in [0.3, 0.4) is 0 Å². The maximum atomic E-state index is 11.0. The average molecular weight is 335 g/mol. The third kappa shape index (κ3) is 3.36. The maximum Gasteiger partial charge on any atom is 0.336 e. The Kier molecular flexibility index (Phi) is 4.74. The van der Waals surface area contributed by atoms with Crippen molar-refractivity contribution in [2.45, 2.75) is 13.5 Å². The summed E-state index contributed by atoms with van der Waals surface area (Å²) in [6, 6.07) is 11.1. The molecule has 1 aromatic carbocycles. The molecule has 1 N–H and O–H groups in total. The number of halogens is 1. The molecule has 5 heteroatoms. The SMILES string of the molecule is CCN(Cc1ccccn1)c1ccc(C(=O)O)c(Br)c1. The Morgan fingerprint density at radius 1 is 1.35 bits per heavy atom. The standard InChI is InChI=1S/C15H15BrN2O2/c1-2-18(10-11-5-3-4-8-17-11)12-6-7-13(15(19)20)14(16)9-12/h3-9H,2,10H2,1H3,(H,19,20). The van der Waals surface area contributed by atoms with Gasteiger partial charge in [-0.05, 0) is 53.2 Å². The van der Waals surface area contributed by atoms with Crippen LogP contribution in [-0.2, 0) is 6.54 Å². The van der Waals surface area contributed by atoms with Crippen LogP contribution in [0.1, 0.15) is 23.0 Å². The Morgan fingerprint density at radius 3 is 2.70 bits per heavy atom. The number of pyridine rings is 1. The molecule has 0 spiro atoms. The number of anilines is 1. The van der Waals surface area contributed by atoms with Crippen molar-refractivity contribution in [3.05, 3.63) is 58.3 Å². The summed E-state index contributed by atoms with van der Waals surface area (Å²) in [5.74, 6) is -0.934. The van der Waals surface area contributed by atoms with Gasteiger partial charge in [-0.3, -0.25) is 4.98 Å². The molecule has 4 nitrogen and oxygen atoms in total. The lowest BCUT2D eigenvalue weighted by Gasteiger charge is -2.23. The molecule has 1 heterocycles. The quantitative estimate of drug-likeness (QED) is 0.908. The second-order valence-corrected chi connectivity index (χ2v) is 5.16. The van der Waals surface area contributed by atoms with Crippen molar-refractivity contribution in [2.24, 2.45) is 0 Å². The van der Waals surface area contributed by atoms with Crippen molar-refractivity contribution in [1.82, 2.24) is 4.98 Å². The van der Waals surface area contributed by atoms with Crippen LogP contribution in [0.25, 0.3) is 0 Å². The van der Waals surface area contributed by atoms with Gasteiger partial charge >= 0.3 is 5.97 Å². The van der Waals surface area contributed by atoms with Gasteiger partial charge in [0.25, 0.3) is 0 Å². The second-order valence-electron chi connectivity index (χ2n) is 4.30. The smallest absolute Gasteiger partial charge is 0.336 e. The molecule has 0 fully saturated rings. The van der Waals surface area contributed by atoms with Crippen LogP contribution in [-0.4, -0.2) is 22.6 Å². The lowest BCUT2D eigenvalue weighted by atomic mass is 10.2. The molecule has 0 unspecified atom stereocenters. The van der Waals surface area contributed by atoms with Crippen LogP contribution in [0.15, 0.2) is 47.1 Å². The van der Waals surface area contributed by atoms with Crippen molar-refractivity contribution in [3.8, 4) is 0 Å². The minimum absolute atomic E-state index is 0.266. The summed E-state index contributed by atoms with van der Waals surface area (Å²) in [7, 11) is 0. The molecule has 2 aromatic rings. The first-order valence-corrected chi connectivity index (χ1v) is 7.08. The average Bonchev–Trinajstić information content (AvgIpc) is 2.45. The van der Waals surface area contributed by atoms with Crippen LogP contribution in [0.5, 0.6) is 0 Å². The maximum absolute atomic E-state index is 11.0. The topological polar surface area (TPSA) is 53.4 Å². The summed E-state index contributed by atoms with van der Waals surface area (Å²) in [6.07, 6.45) is 1.77. The molecule has 0 aliphatic rings. The van der Waals surface area contributed by atoms with Gasteiger partial charge in [-0.15, -0.1) is 0 Å². The number of carboxylic acids is 1. The number of carbonyl (C=O) groups is 1. The highest BCUT2D eigenvalue weighted by Gasteiger charge is 2.12. The van der Waals surface area contributed by atoms with Gasteiger partial charge < -0.3 is 10.0 Å². The van der Waals surface area contributed by atoms with Gasteiger partial charge in [0, 0.05) is 22.9 Å². The predicted molar refractivity (Wildman–Crippen MR) is 82.1 cm³/mol. The zero-order valence-electron chi connectivity index (χ0n) is 11.1. The van der Waals surface area contributed by atoms with Crippen molar-refractivity contribution in [1.29, 1.82) is 0 Å². The van der Waals surface area contributed by atoms with Gasteiger partial charge in [0.05, 0.1) is 17.8 Å². The molecule has 0 amide bonds. The molecule has 1 aromatic heterocycles. The number of rotatable bonds is 5. The fourth-order valence-corrected chi connectivity index (χ4v) is 2.48. The Morgan fingerprint density at radius 2 is 2.15 bits per heavy atom. The van der Waals surface area contributed by atoms with Crippen molar-refractivity contribution in [3.63, 3.8) is 0 Å². The zero-order valence-corrected chi connectivity index (χ0v) is 12.7. The van der Waals surface area contributed by atoms with E-state index in [2.05, 4.69) is 32.7 Å². The van der Waals surface area contributed by atoms with Gasteiger partial charge in [0.15, 0.2) is 0 Å². The summed E-state index contributed by atoms with van der Waals surface area (Å²) >= 11 is 3.31. The summed E-state index contributed by atoms with van der Waals surface area (Å²) in [6.45, 7) is 3.56. The van der Waals surface area contributed by atoms with Gasteiger partial charge in [-0.2, -0.15) is 0 Å². The van der Waals surface area contributed by atoms with Crippen LogP contribution >= 0.6 is 15.9 Å². The third-order valence-electron chi connectivity index (χ3n) is 3.01. The number of hydrogen-bond donors (Lipinski definition) is 1. The first-order valence-electron chi connectivity index (χ1n) is 6.29. The number of aromatic carboxylic acids is 1. The molecule has 0 saturated heterocycles. The van der Waals surface area contributed by atoms with Crippen LogP contribution in [0.2, 0.25) is 0 Å². The highest BCUT2D eigenvalue weighted by molar-refractivity contribution is 9.10. The van der Waals surface area contributed by atoms with Gasteiger partial charge in [0.2, 0.25) is 0 Å². The minimum Gasteiger partial charge on any atom is -0.478 e. The van der Waals surface area contributed by atoms with E-state index >= 15 is 0 Å². The highest BCUT2D eigenvalue weighted by atomic mass is 79.9. The molecule has 0 aliphatic carbocycles. The summed E-state index contributed by atoms with van der Waals surface area (Å²) in [4.78, 5) is 17.5.